The molecule has 0 aromatic heterocycles. The summed E-state index contributed by atoms with van der Waals surface area (Å²) in [7, 11) is 0. The molecule has 1 saturated heterocycles. The van der Waals surface area contributed by atoms with E-state index in [-0.39, 0.29) is 17.8 Å². The van der Waals surface area contributed by atoms with Crippen LogP contribution in [0.1, 0.15) is 48.5 Å². The van der Waals surface area contributed by atoms with Crippen LogP contribution >= 0.6 is 0 Å². The maximum Gasteiger partial charge on any atom is 0.248 e. The number of rotatable bonds is 1. The summed E-state index contributed by atoms with van der Waals surface area (Å²) in [4.78, 5) is 11.5. The average molecular weight is 329 g/mol. The summed E-state index contributed by atoms with van der Waals surface area (Å²) < 4.78 is 12.5. The van der Waals surface area contributed by atoms with Crippen molar-refractivity contribution in [2.24, 2.45) is 0 Å². The van der Waals surface area contributed by atoms with Crippen molar-refractivity contribution < 1.29 is 19.4 Å². The number of amides is 1. The van der Waals surface area contributed by atoms with Gasteiger partial charge in [-0.25, -0.2) is 0 Å². The van der Waals surface area contributed by atoms with Crippen LogP contribution in [0.3, 0.4) is 0 Å². The Labute approximate surface area is 141 Å². The summed E-state index contributed by atoms with van der Waals surface area (Å²) in [6.07, 6.45) is 3.80. The molecule has 24 heavy (non-hydrogen) atoms. The molecule has 5 heteroatoms. The van der Waals surface area contributed by atoms with Crippen LogP contribution in [0.5, 0.6) is 0 Å². The molecule has 1 saturated carbocycles. The van der Waals surface area contributed by atoms with E-state index in [1.54, 1.807) is 0 Å². The third kappa shape index (κ3) is 2.34. The summed E-state index contributed by atoms with van der Waals surface area (Å²) in [6, 6.07) is 6.26. The van der Waals surface area contributed by atoms with Crippen molar-refractivity contribution in [3.8, 4) is 0 Å². The van der Waals surface area contributed by atoms with Crippen molar-refractivity contribution in [3.05, 3.63) is 46.7 Å². The number of benzene rings is 1. The highest BCUT2D eigenvalue weighted by Crippen LogP contribution is 2.48. The largest absolute Gasteiger partial charge is 0.510 e. The molecule has 1 aliphatic carbocycles. The van der Waals surface area contributed by atoms with Crippen LogP contribution in [-0.2, 0) is 14.3 Å². The maximum atomic E-state index is 11.5. The van der Waals surface area contributed by atoms with Crippen LogP contribution in [0.4, 0.5) is 0 Å². The number of carbonyl (C=O) groups is 1. The summed E-state index contributed by atoms with van der Waals surface area (Å²) in [5, 5.41) is 13.0. The fourth-order valence-electron chi connectivity index (χ4n) is 4.33. The third-order valence-corrected chi connectivity index (χ3v) is 5.70. The molecule has 4 rings (SSSR count). The van der Waals surface area contributed by atoms with Gasteiger partial charge in [0, 0.05) is 18.9 Å². The first-order valence-electron chi connectivity index (χ1n) is 8.54. The molecule has 1 atom stereocenters. The van der Waals surface area contributed by atoms with Gasteiger partial charge in [-0.05, 0) is 43.4 Å². The number of carbonyl (C=O) groups excluding carboxylic acids is 1. The highest BCUT2D eigenvalue weighted by Gasteiger charge is 2.52. The fourth-order valence-corrected chi connectivity index (χ4v) is 4.33. The Kier molecular flexibility index (Phi) is 3.48. The first kappa shape index (κ1) is 15.7. The van der Waals surface area contributed by atoms with Crippen molar-refractivity contribution in [1.82, 2.24) is 5.32 Å². The summed E-state index contributed by atoms with van der Waals surface area (Å²) >= 11 is 0. The Hall–Kier alpha value is -1.85. The second-order valence-corrected chi connectivity index (χ2v) is 7.23. The monoisotopic (exact) mass is 329 g/mol. The smallest absolute Gasteiger partial charge is 0.248 e. The minimum Gasteiger partial charge on any atom is -0.510 e. The zero-order valence-corrected chi connectivity index (χ0v) is 14.1. The minimum absolute atomic E-state index is 0.0532. The zero-order chi connectivity index (χ0) is 16.9. The predicted octanol–water partition coefficient (Wildman–Crippen LogP) is 2.97. The SMILES string of the molecule is Cc1cccc(C)c1C1COC2(CCC3(CC2)NC(=O)C=C3O)O1. The maximum absolute atomic E-state index is 11.5. The summed E-state index contributed by atoms with van der Waals surface area (Å²) in [5.41, 5.74) is 3.03. The number of aliphatic hydroxyl groups is 1. The lowest BCUT2D eigenvalue weighted by Crippen LogP contribution is -2.51. The van der Waals surface area contributed by atoms with Crippen molar-refractivity contribution in [1.29, 1.82) is 0 Å². The average Bonchev–Trinajstić information content (AvgIpc) is 3.05. The molecule has 2 fully saturated rings. The van der Waals surface area contributed by atoms with Gasteiger partial charge < -0.3 is 19.9 Å². The predicted molar refractivity (Wildman–Crippen MR) is 88.5 cm³/mol. The normalized spacial score (nSPS) is 35.5. The number of ether oxygens (including phenoxy) is 2. The molecule has 5 nitrogen and oxygen atoms in total. The fraction of sp³-hybridized carbons (Fsp3) is 0.526. The number of hydrogen-bond donors (Lipinski definition) is 2. The van der Waals surface area contributed by atoms with Crippen molar-refractivity contribution in [2.75, 3.05) is 6.61 Å². The molecular weight excluding hydrogens is 306 g/mol. The van der Waals surface area contributed by atoms with Gasteiger partial charge >= 0.3 is 0 Å². The Bertz CT molecular complexity index is 696. The van der Waals surface area contributed by atoms with Crippen LogP contribution < -0.4 is 5.32 Å². The van der Waals surface area contributed by atoms with Crippen molar-refractivity contribution in [2.45, 2.75) is 57.0 Å². The van der Waals surface area contributed by atoms with E-state index in [2.05, 4.69) is 37.4 Å². The van der Waals surface area contributed by atoms with Crippen LogP contribution in [-0.4, -0.2) is 28.9 Å². The van der Waals surface area contributed by atoms with Gasteiger partial charge in [0.05, 0.1) is 12.1 Å². The number of hydrogen-bond acceptors (Lipinski definition) is 4. The molecule has 128 valence electrons. The van der Waals surface area contributed by atoms with E-state index >= 15 is 0 Å². The van der Waals surface area contributed by atoms with Crippen LogP contribution in [0, 0.1) is 13.8 Å². The Morgan fingerprint density at radius 3 is 2.42 bits per heavy atom. The molecule has 3 aliphatic rings. The number of aryl methyl sites for hydroxylation is 2. The lowest BCUT2D eigenvalue weighted by molar-refractivity contribution is -0.195. The quantitative estimate of drug-likeness (QED) is 0.831. The van der Waals surface area contributed by atoms with Crippen LogP contribution in [0.2, 0.25) is 0 Å². The second-order valence-electron chi connectivity index (χ2n) is 7.23. The molecule has 2 N–H and O–H groups in total. The van der Waals surface area contributed by atoms with E-state index < -0.39 is 11.3 Å². The van der Waals surface area contributed by atoms with E-state index in [1.165, 1.54) is 22.8 Å². The number of nitrogens with one attached hydrogen (secondary N) is 1. The van der Waals surface area contributed by atoms with Gasteiger partial charge in [0.15, 0.2) is 5.79 Å². The summed E-state index contributed by atoms with van der Waals surface area (Å²) in [6.45, 7) is 4.75. The summed E-state index contributed by atoms with van der Waals surface area (Å²) in [5.74, 6) is -0.671. The zero-order valence-electron chi connectivity index (χ0n) is 14.1. The van der Waals surface area contributed by atoms with Gasteiger partial charge in [-0.15, -0.1) is 0 Å². The van der Waals surface area contributed by atoms with E-state index in [4.69, 9.17) is 9.47 Å². The van der Waals surface area contributed by atoms with Gasteiger partial charge in [0.1, 0.15) is 11.9 Å². The molecule has 0 bridgehead atoms. The van der Waals surface area contributed by atoms with Crippen LogP contribution in [0.15, 0.2) is 30.0 Å². The lowest BCUT2D eigenvalue weighted by Gasteiger charge is -2.41. The van der Waals surface area contributed by atoms with Crippen molar-refractivity contribution in [3.63, 3.8) is 0 Å². The Balaban J connectivity index is 1.50. The molecule has 2 aliphatic heterocycles. The van der Waals surface area contributed by atoms with Crippen LogP contribution in [0.25, 0.3) is 0 Å². The first-order chi connectivity index (χ1) is 11.4. The van der Waals surface area contributed by atoms with Gasteiger partial charge in [0.2, 0.25) is 5.91 Å². The molecule has 1 aromatic rings. The highest BCUT2D eigenvalue weighted by molar-refractivity contribution is 5.92. The topological polar surface area (TPSA) is 67.8 Å². The Morgan fingerprint density at radius 2 is 1.83 bits per heavy atom. The lowest BCUT2D eigenvalue weighted by atomic mass is 9.78. The molecule has 0 radical (unpaired) electrons. The molecule has 1 aromatic carbocycles. The van der Waals surface area contributed by atoms with E-state index in [0.29, 0.717) is 32.3 Å². The van der Waals surface area contributed by atoms with E-state index in [1.807, 2.05) is 0 Å². The third-order valence-electron chi connectivity index (χ3n) is 5.70. The molecule has 1 unspecified atom stereocenters. The van der Waals surface area contributed by atoms with E-state index in [0.717, 1.165) is 0 Å². The molecule has 2 heterocycles. The van der Waals surface area contributed by atoms with Gasteiger partial charge in [0.25, 0.3) is 0 Å². The van der Waals surface area contributed by atoms with Gasteiger partial charge in [-0.2, -0.15) is 0 Å². The number of aliphatic hydroxyl groups excluding tert-OH is 1. The first-order valence-corrected chi connectivity index (χ1v) is 8.54. The van der Waals surface area contributed by atoms with Gasteiger partial charge in [-0.3, -0.25) is 4.79 Å². The van der Waals surface area contributed by atoms with E-state index in [9.17, 15) is 9.90 Å². The highest BCUT2D eigenvalue weighted by atomic mass is 16.7. The molecular formula is C19H23NO4. The standard InChI is InChI=1S/C19H23NO4/c1-12-4-3-5-13(2)17(12)14-11-23-19(24-14)8-6-18(7-9-19)15(21)10-16(22)20-18/h3-5,10,14,21H,6-9,11H2,1-2H3,(H,20,22). The van der Waals surface area contributed by atoms with Crippen molar-refractivity contribution >= 4 is 5.91 Å². The minimum atomic E-state index is -0.619. The second kappa shape index (κ2) is 5.33. The van der Waals surface area contributed by atoms with Gasteiger partial charge in [-0.1, -0.05) is 18.2 Å². The molecule has 1 amide bonds. The Morgan fingerprint density at radius 1 is 1.17 bits per heavy atom. The molecule has 2 spiro atoms.